The largest absolute Gasteiger partial charge is 0.420 e. The van der Waals surface area contributed by atoms with Gasteiger partial charge in [-0.3, -0.25) is 9.29 Å². The molecule has 0 unspecified atom stereocenters. The molecule has 5 rings (SSSR count). The SMILES string of the molecule is O=c1oc2cc(S(=O)(=O)Nc3cccc(F)n3)c(F)cc2n1Cc1cccc2c1CNC[C@@H]2F. The highest BCUT2D eigenvalue weighted by molar-refractivity contribution is 7.92. The van der Waals surface area contributed by atoms with Crippen molar-refractivity contribution in [1.82, 2.24) is 14.9 Å². The van der Waals surface area contributed by atoms with E-state index >= 15 is 0 Å². The number of oxazole rings is 1. The molecule has 0 fully saturated rings. The third-order valence-corrected chi connectivity index (χ3v) is 6.94. The van der Waals surface area contributed by atoms with Gasteiger partial charge in [-0.25, -0.2) is 27.0 Å². The Balaban J connectivity index is 1.54. The van der Waals surface area contributed by atoms with Crippen LogP contribution in [0.1, 0.15) is 22.9 Å². The lowest BCUT2D eigenvalue weighted by molar-refractivity contribution is 0.309. The zero-order valence-corrected chi connectivity index (χ0v) is 18.2. The van der Waals surface area contributed by atoms with E-state index < -0.39 is 38.6 Å². The molecule has 12 heteroatoms. The van der Waals surface area contributed by atoms with E-state index in [2.05, 4.69) is 10.3 Å². The molecule has 1 aliphatic heterocycles. The third kappa shape index (κ3) is 3.94. The first-order valence-corrected chi connectivity index (χ1v) is 11.6. The number of nitrogens with one attached hydrogen (secondary N) is 2. The minimum absolute atomic E-state index is 0.0274. The van der Waals surface area contributed by atoms with Gasteiger partial charge in [0, 0.05) is 25.2 Å². The van der Waals surface area contributed by atoms with Crippen LogP contribution in [-0.2, 0) is 23.1 Å². The quantitative estimate of drug-likeness (QED) is 0.416. The number of aromatic nitrogens is 2. The number of hydrogen-bond donors (Lipinski definition) is 2. The lowest BCUT2D eigenvalue weighted by Crippen LogP contribution is -2.28. The fraction of sp³-hybridized carbons (Fsp3) is 0.182. The van der Waals surface area contributed by atoms with Crippen molar-refractivity contribution in [1.29, 1.82) is 0 Å². The van der Waals surface area contributed by atoms with Crippen molar-refractivity contribution in [2.45, 2.75) is 24.2 Å². The smallest absolute Gasteiger partial charge is 0.408 e. The average Bonchev–Trinajstić information content (AvgIpc) is 3.08. The van der Waals surface area contributed by atoms with Crippen LogP contribution in [0.5, 0.6) is 0 Å². The van der Waals surface area contributed by atoms with Gasteiger partial charge in [0.05, 0.1) is 12.1 Å². The molecule has 3 heterocycles. The summed E-state index contributed by atoms with van der Waals surface area (Å²) in [5.74, 6) is -3.24. The number of sulfonamides is 1. The van der Waals surface area contributed by atoms with E-state index in [9.17, 15) is 26.4 Å². The molecule has 0 saturated heterocycles. The van der Waals surface area contributed by atoms with E-state index in [1.54, 1.807) is 18.2 Å². The molecule has 1 atom stereocenters. The molecule has 4 aromatic rings. The van der Waals surface area contributed by atoms with E-state index in [1.807, 2.05) is 4.72 Å². The number of nitrogens with zero attached hydrogens (tertiary/aromatic N) is 2. The first kappa shape index (κ1) is 22.2. The molecule has 8 nitrogen and oxygen atoms in total. The molecule has 34 heavy (non-hydrogen) atoms. The Morgan fingerprint density at radius 2 is 1.97 bits per heavy atom. The molecule has 0 saturated carbocycles. The number of rotatable bonds is 5. The van der Waals surface area contributed by atoms with Crippen LogP contribution in [0.15, 0.2) is 62.6 Å². The summed E-state index contributed by atoms with van der Waals surface area (Å²) in [7, 11) is -4.51. The Labute approximate surface area is 191 Å². The van der Waals surface area contributed by atoms with Crippen LogP contribution < -0.4 is 15.8 Å². The predicted molar refractivity (Wildman–Crippen MR) is 117 cm³/mol. The molecular weight excluding hydrogens is 473 g/mol. The van der Waals surface area contributed by atoms with E-state index in [-0.39, 0.29) is 30.0 Å². The summed E-state index contributed by atoms with van der Waals surface area (Å²) in [6, 6.07) is 10.3. The number of hydrogen-bond acceptors (Lipinski definition) is 6. The molecule has 2 aromatic carbocycles. The fourth-order valence-corrected chi connectivity index (χ4v) is 5.07. The van der Waals surface area contributed by atoms with Gasteiger partial charge < -0.3 is 9.73 Å². The van der Waals surface area contributed by atoms with Crippen molar-refractivity contribution in [3.8, 4) is 0 Å². The van der Waals surface area contributed by atoms with Crippen LogP contribution in [0.4, 0.5) is 19.0 Å². The van der Waals surface area contributed by atoms with Gasteiger partial charge in [0.1, 0.15) is 22.7 Å². The standard InChI is InChI=1S/C22H17F3N4O4S/c23-15-7-17-18(8-19(15)34(31,32)28-21-6-2-5-20(25)27-21)33-22(30)29(17)11-12-3-1-4-13-14(12)9-26-10-16(13)24/h1-8,16,26H,9-11H2,(H,27,28)/t16-/m0/s1. The molecule has 0 radical (unpaired) electrons. The molecule has 0 bridgehead atoms. The summed E-state index contributed by atoms with van der Waals surface area (Å²) in [4.78, 5) is 15.1. The Morgan fingerprint density at radius 1 is 1.18 bits per heavy atom. The van der Waals surface area contributed by atoms with Crippen molar-refractivity contribution in [3.63, 3.8) is 0 Å². The van der Waals surface area contributed by atoms with Crippen molar-refractivity contribution in [2.75, 3.05) is 11.3 Å². The number of fused-ring (bicyclic) bond motifs is 2. The van der Waals surface area contributed by atoms with Gasteiger partial charge in [0.2, 0.25) is 5.95 Å². The zero-order valence-electron chi connectivity index (χ0n) is 17.4. The number of halogens is 3. The number of benzene rings is 2. The molecule has 2 aromatic heterocycles. The Bertz CT molecular complexity index is 1580. The minimum Gasteiger partial charge on any atom is -0.408 e. The summed E-state index contributed by atoms with van der Waals surface area (Å²) >= 11 is 0. The lowest BCUT2D eigenvalue weighted by Gasteiger charge is -2.23. The maximum atomic E-state index is 14.9. The first-order chi connectivity index (χ1) is 16.2. The van der Waals surface area contributed by atoms with Crippen LogP contribution >= 0.6 is 0 Å². The van der Waals surface area contributed by atoms with Crippen LogP contribution in [0, 0.1) is 11.8 Å². The zero-order chi connectivity index (χ0) is 24.0. The summed E-state index contributed by atoms with van der Waals surface area (Å²) < 4.78 is 76.1. The van der Waals surface area contributed by atoms with E-state index in [0.29, 0.717) is 23.2 Å². The lowest BCUT2D eigenvalue weighted by atomic mass is 9.94. The maximum Gasteiger partial charge on any atom is 0.420 e. The van der Waals surface area contributed by atoms with Gasteiger partial charge >= 0.3 is 5.76 Å². The Hall–Kier alpha value is -3.64. The van der Waals surface area contributed by atoms with Gasteiger partial charge in [-0.15, -0.1) is 0 Å². The van der Waals surface area contributed by atoms with E-state index in [0.717, 1.165) is 22.8 Å². The second-order valence-corrected chi connectivity index (χ2v) is 9.39. The molecule has 0 amide bonds. The Morgan fingerprint density at radius 3 is 2.76 bits per heavy atom. The van der Waals surface area contributed by atoms with Gasteiger partial charge in [0.15, 0.2) is 5.58 Å². The topological polar surface area (TPSA) is 106 Å². The highest BCUT2D eigenvalue weighted by atomic mass is 32.2. The Kier molecular flexibility index (Phi) is 5.41. The number of pyridine rings is 1. The van der Waals surface area contributed by atoms with Gasteiger partial charge in [-0.05, 0) is 28.8 Å². The monoisotopic (exact) mass is 490 g/mol. The number of anilines is 1. The van der Waals surface area contributed by atoms with Gasteiger partial charge in [0.25, 0.3) is 10.0 Å². The van der Waals surface area contributed by atoms with Gasteiger partial charge in [-0.1, -0.05) is 24.3 Å². The van der Waals surface area contributed by atoms with Crippen LogP contribution in [0.3, 0.4) is 0 Å². The van der Waals surface area contributed by atoms with E-state index in [1.165, 1.54) is 12.1 Å². The highest BCUT2D eigenvalue weighted by Crippen LogP contribution is 2.29. The third-order valence-electron chi connectivity index (χ3n) is 5.57. The fourth-order valence-electron chi connectivity index (χ4n) is 3.99. The van der Waals surface area contributed by atoms with Crippen LogP contribution in [-0.4, -0.2) is 24.5 Å². The van der Waals surface area contributed by atoms with Crippen molar-refractivity contribution in [2.24, 2.45) is 0 Å². The first-order valence-electron chi connectivity index (χ1n) is 10.2. The van der Waals surface area contributed by atoms with Gasteiger partial charge in [-0.2, -0.15) is 4.39 Å². The summed E-state index contributed by atoms with van der Waals surface area (Å²) in [6.45, 7) is 0.570. The molecule has 1 aliphatic rings. The second kappa shape index (κ2) is 8.29. The minimum atomic E-state index is -4.51. The van der Waals surface area contributed by atoms with Crippen LogP contribution in [0.2, 0.25) is 0 Å². The normalized spacial score (nSPS) is 15.9. The maximum absolute atomic E-state index is 14.9. The van der Waals surface area contributed by atoms with Crippen molar-refractivity contribution in [3.05, 3.63) is 87.5 Å². The van der Waals surface area contributed by atoms with E-state index in [4.69, 9.17) is 4.42 Å². The van der Waals surface area contributed by atoms with Crippen molar-refractivity contribution >= 4 is 26.9 Å². The molecule has 176 valence electrons. The average molecular weight is 490 g/mol. The molecular formula is C22H17F3N4O4S. The molecule has 0 aliphatic carbocycles. The number of alkyl halides is 1. The predicted octanol–water partition coefficient (Wildman–Crippen LogP) is 3.23. The molecule has 0 spiro atoms. The highest BCUT2D eigenvalue weighted by Gasteiger charge is 2.25. The summed E-state index contributed by atoms with van der Waals surface area (Å²) in [5, 5.41) is 2.97. The second-order valence-electron chi connectivity index (χ2n) is 7.74. The molecule has 2 N–H and O–H groups in total. The van der Waals surface area contributed by atoms with Crippen molar-refractivity contribution < 1.29 is 26.0 Å². The summed E-state index contributed by atoms with van der Waals surface area (Å²) in [6.07, 6.45) is -1.19. The van der Waals surface area contributed by atoms with Crippen LogP contribution in [0.25, 0.3) is 11.1 Å². The summed E-state index contributed by atoms with van der Waals surface area (Å²) in [5.41, 5.74) is 1.74.